The van der Waals surface area contributed by atoms with Crippen LogP contribution in [0.4, 0.5) is 11.5 Å². The third-order valence-corrected chi connectivity index (χ3v) is 3.40. The van der Waals surface area contributed by atoms with Gasteiger partial charge in [0.15, 0.2) is 0 Å². The average molecular weight is 236 g/mol. The van der Waals surface area contributed by atoms with E-state index in [2.05, 4.69) is 15.7 Å². The summed E-state index contributed by atoms with van der Waals surface area (Å²) < 4.78 is 0. The maximum absolute atomic E-state index is 9.36. The molecule has 5 nitrogen and oxygen atoms in total. The van der Waals surface area contributed by atoms with E-state index in [0.717, 1.165) is 18.5 Å². The van der Waals surface area contributed by atoms with Gasteiger partial charge in [-0.05, 0) is 18.9 Å². The second-order valence-corrected chi connectivity index (χ2v) is 4.55. The van der Waals surface area contributed by atoms with Crippen molar-refractivity contribution in [2.24, 2.45) is 11.8 Å². The van der Waals surface area contributed by atoms with Gasteiger partial charge >= 0.3 is 0 Å². The molecule has 0 radical (unpaired) electrons. The molecule has 1 saturated carbocycles. The number of nitrogens with zero attached hydrogens (tertiary/aromatic N) is 1. The first kappa shape index (κ1) is 12.1. The molecule has 1 aromatic rings. The normalized spacial score (nSPS) is 24.4. The van der Waals surface area contributed by atoms with Crippen molar-refractivity contribution in [2.45, 2.75) is 31.7 Å². The molecule has 0 saturated heterocycles. The summed E-state index contributed by atoms with van der Waals surface area (Å²) in [4.78, 5) is 4.06. The van der Waals surface area contributed by atoms with Gasteiger partial charge in [-0.25, -0.2) is 10.8 Å². The van der Waals surface area contributed by atoms with Crippen LogP contribution in [0.1, 0.15) is 25.7 Å². The lowest BCUT2D eigenvalue weighted by Gasteiger charge is -2.31. The van der Waals surface area contributed by atoms with Crippen molar-refractivity contribution in [1.82, 2.24) is 4.98 Å². The minimum Gasteiger partial charge on any atom is -0.396 e. The van der Waals surface area contributed by atoms with Gasteiger partial charge in [0.2, 0.25) is 0 Å². The highest BCUT2D eigenvalue weighted by molar-refractivity contribution is 5.51. The molecule has 5 N–H and O–H groups in total. The Bertz CT molecular complexity index is 358. The van der Waals surface area contributed by atoms with Crippen molar-refractivity contribution in [3.05, 3.63) is 18.3 Å². The highest BCUT2D eigenvalue weighted by Crippen LogP contribution is 2.27. The van der Waals surface area contributed by atoms with E-state index in [9.17, 15) is 5.11 Å². The van der Waals surface area contributed by atoms with E-state index in [1.165, 1.54) is 12.8 Å². The zero-order valence-corrected chi connectivity index (χ0v) is 9.89. The molecule has 0 bridgehead atoms. The number of hydrogen-bond acceptors (Lipinski definition) is 5. The van der Waals surface area contributed by atoms with E-state index in [1.807, 2.05) is 12.1 Å². The minimum atomic E-state index is 0.255. The van der Waals surface area contributed by atoms with Crippen LogP contribution in [0.3, 0.4) is 0 Å². The fraction of sp³-hybridized carbons (Fsp3) is 0.583. The summed E-state index contributed by atoms with van der Waals surface area (Å²) in [6.07, 6.45) is 6.37. The van der Waals surface area contributed by atoms with E-state index < -0.39 is 0 Å². The number of nitrogen functional groups attached to an aromatic ring is 1. The number of hydrogen-bond donors (Lipinski definition) is 4. The first-order valence-electron chi connectivity index (χ1n) is 6.13. The van der Waals surface area contributed by atoms with Crippen molar-refractivity contribution in [1.29, 1.82) is 0 Å². The highest BCUT2D eigenvalue weighted by atomic mass is 16.3. The van der Waals surface area contributed by atoms with Crippen LogP contribution >= 0.6 is 0 Å². The molecule has 2 rings (SSSR count). The SMILES string of the molecule is NNc1cc(NC2CCCCC2CO)ccn1. The van der Waals surface area contributed by atoms with Crippen molar-refractivity contribution in [3.63, 3.8) is 0 Å². The maximum Gasteiger partial charge on any atom is 0.141 e. The van der Waals surface area contributed by atoms with Gasteiger partial charge in [0.05, 0.1) is 0 Å². The number of aliphatic hydroxyl groups is 1. The molecule has 1 aliphatic carbocycles. The van der Waals surface area contributed by atoms with Gasteiger partial charge in [-0.15, -0.1) is 0 Å². The third kappa shape index (κ3) is 3.08. The Balaban J connectivity index is 2.02. The summed E-state index contributed by atoms with van der Waals surface area (Å²) in [5.74, 6) is 6.32. The van der Waals surface area contributed by atoms with Crippen LogP contribution in [0, 0.1) is 5.92 Å². The van der Waals surface area contributed by atoms with Gasteiger partial charge in [0.25, 0.3) is 0 Å². The van der Waals surface area contributed by atoms with Crippen LogP contribution < -0.4 is 16.6 Å². The Morgan fingerprint density at radius 3 is 3.00 bits per heavy atom. The van der Waals surface area contributed by atoms with Gasteiger partial charge in [-0.2, -0.15) is 0 Å². The molecule has 1 heterocycles. The average Bonchev–Trinajstić information content (AvgIpc) is 2.39. The van der Waals surface area contributed by atoms with E-state index in [0.29, 0.717) is 17.8 Å². The van der Waals surface area contributed by atoms with Crippen LogP contribution in [-0.2, 0) is 0 Å². The van der Waals surface area contributed by atoms with Crippen molar-refractivity contribution in [2.75, 3.05) is 17.3 Å². The summed E-state index contributed by atoms with van der Waals surface area (Å²) in [7, 11) is 0. The van der Waals surface area contributed by atoms with Gasteiger partial charge < -0.3 is 15.8 Å². The van der Waals surface area contributed by atoms with Crippen LogP contribution in [0.15, 0.2) is 18.3 Å². The molecule has 5 heteroatoms. The maximum atomic E-state index is 9.36. The number of hydrazine groups is 1. The lowest BCUT2D eigenvalue weighted by atomic mass is 9.85. The molecule has 1 aliphatic rings. The highest BCUT2D eigenvalue weighted by Gasteiger charge is 2.24. The van der Waals surface area contributed by atoms with Crippen LogP contribution in [-0.4, -0.2) is 22.7 Å². The molecule has 94 valence electrons. The molecule has 2 atom stereocenters. The molecule has 0 amide bonds. The molecule has 1 aromatic heterocycles. The summed E-state index contributed by atoms with van der Waals surface area (Å²) in [5, 5.41) is 12.8. The second kappa shape index (κ2) is 5.84. The van der Waals surface area contributed by atoms with Gasteiger partial charge in [-0.3, -0.25) is 0 Å². The number of nitrogens with one attached hydrogen (secondary N) is 2. The third-order valence-electron chi connectivity index (χ3n) is 3.40. The van der Waals surface area contributed by atoms with E-state index in [4.69, 9.17) is 5.84 Å². The summed E-state index contributed by atoms with van der Waals surface area (Å²) in [5.41, 5.74) is 3.53. The van der Waals surface area contributed by atoms with Crippen molar-refractivity contribution >= 4 is 11.5 Å². The smallest absolute Gasteiger partial charge is 0.141 e. The summed E-state index contributed by atoms with van der Waals surface area (Å²) in [6, 6.07) is 4.15. The van der Waals surface area contributed by atoms with Crippen LogP contribution in [0.5, 0.6) is 0 Å². The minimum absolute atomic E-state index is 0.255. The first-order chi connectivity index (χ1) is 8.33. The predicted molar refractivity (Wildman–Crippen MR) is 68.5 cm³/mol. The quantitative estimate of drug-likeness (QED) is 0.468. The number of aliphatic hydroxyl groups excluding tert-OH is 1. The fourth-order valence-corrected chi connectivity index (χ4v) is 2.43. The Morgan fingerprint density at radius 2 is 2.24 bits per heavy atom. The lowest BCUT2D eigenvalue weighted by molar-refractivity contribution is 0.178. The Kier molecular flexibility index (Phi) is 4.17. The number of nitrogens with two attached hydrogens (primary N) is 1. The standard InChI is InChI=1S/C12H20N4O/c13-16-12-7-10(5-6-14-12)15-11-4-2-1-3-9(11)8-17/h5-7,9,11,17H,1-4,8,13H2,(H2,14,15,16). The summed E-state index contributed by atoms with van der Waals surface area (Å²) in [6.45, 7) is 0.255. The molecular formula is C12H20N4O. The topological polar surface area (TPSA) is 83.2 Å². The predicted octanol–water partition coefficient (Wildman–Crippen LogP) is 1.33. The first-order valence-corrected chi connectivity index (χ1v) is 6.13. The Hall–Kier alpha value is -1.33. The van der Waals surface area contributed by atoms with Gasteiger partial charge in [-0.1, -0.05) is 12.8 Å². The molecule has 0 spiro atoms. The zero-order chi connectivity index (χ0) is 12.1. The van der Waals surface area contributed by atoms with Gasteiger partial charge in [0, 0.05) is 36.5 Å². The van der Waals surface area contributed by atoms with E-state index in [1.54, 1.807) is 6.20 Å². The number of anilines is 2. The van der Waals surface area contributed by atoms with Crippen molar-refractivity contribution in [3.8, 4) is 0 Å². The lowest BCUT2D eigenvalue weighted by Crippen LogP contribution is -2.34. The van der Waals surface area contributed by atoms with Gasteiger partial charge in [0.1, 0.15) is 5.82 Å². The number of rotatable bonds is 4. The van der Waals surface area contributed by atoms with E-state index in [-0.39, 0.29) is 6.61 Å². The second-order valence-electron chi connectivity index (χ2n) is 4.55. The molecule has 0 aromatic carbocycles. The molecule has 2 unspecified atom stereocenters. The fourth-order valence-electron chi connectivity index (χ4n) is 2.43. The monoisotopic (exact) mass is 236 g/mol. The van der Waals surface area contributed by atoms with Crippen molar-refractivity contribution < 1.29 is 5.11 Å². The number of pyridine rings is 1. The van der Waals surface area contributed by atoms with Crippen LogP contribution in [0.2, 0.25) is 0 Å². The largest absolute Gasteiger partial charge is 0.396 e. The van der Waals surface area contributed by atoms with Crippen LogP contribution in [0.25, 0.3) is 0 Å². The number of aromatic nitrogens is 1. The Labute approximate surface area is 101 Å². The molecular weight excluding hydrogens is 216 g/mol. The zero-order valence-electron chi connectivity index (χ0n) is 9.89. The Morgan fingerprint density at radius 1 is 1.41 bits per heavy atom. The van der Waals surface area contributed by atoms with E-state index >= 15 is 0 Å². The molecule has 0 aliphatic heterocycles. The molecule has 1 fully saturated rings. The summed E-state index contributed by atoms with van der Waals surface area (Å²) >= 11 is 0. The molecule has 17 heavy (non-hydrogen) atoms.